The molecule has 1 saturated heterocycles. The fourth-order valence-corrected chi connectivity index (χ4v) is 4.85. The van der Waals surface area contributed by atoms with E-state index in [-0.39, 0.29) is 0 Å². The Labute approximate surface area is 108 Å². The minimum Gasteiger partial charge on any atom is -0.312 e. The van der Waals surface area contributed by atoms with Crippen molar-refractivity contribution in [3.63, 3.8) is 0 Å². The summed E-state index contributed by atoms with van der Waals surface area (Å²) in [7, 11) is -0.561. The quantitative estimate of drug-likeness (QED) is 0.723. The first-order chi connectivity index (χ1) is 8.38. The molecule has 1 aliphatic heterocycles. The van der Waals surface area contributed by atoms with Gasteiger partial charge in [-0.3, -0.25) is 4.21 Å². The third-order valence-corrected chi connectivity index (χ3v) is 6.10. The topological polar surface area (TPSA) is 29.1 Å². The van der Waals surface area contributed by atoms with E-state index in [4.69, 9.17) is 0 Å². The molecule has 1 heterocycles. The predicted molar refractivity (Wildman–Crippen MR) is 74.8 cm³/mol. The van der Waals surface area contributed by atoms with Gasteiger partial charge in [-0.2, -0.15) is 0 Å². The van der Waals surface area contributed by atoms with Crippen molar-refractivity contribution in [3.8, 4) is 0 Å². The summed E-state index contributed by atoms with van der Waals surface area (Å²) in [6.07, 6.45) is 13.4. The van der Waals surface area contributed by atoms with E-state index in [9.17, 15) is 4.21 Å². The standard InChI is InChI=1S/C14H27NOS/c16-17-12-11-15-13-9-7-5-3-1-2-4-6-8-10-14(13)17/h13-15H,1-12H2. The minimum absolute atomic E-state index is 0.447. The van der Waals surface area contributed by atoms with Gasteiger partial charge in [0.25, 0.3) is 0 Å². The molecule has 2 aliphatic rings. The zero-order valence-electron chi connectivity index (χ0n) is 11.0. The summed E-state index contributed by atoms with van der Waals surface area (Å²) < 4.78 is 12.1. The molecule has 0 aromatic rings. The largest absolute Gasteiger partial charge is 0.312 e. The summed E-state index contributed by atoms with van der Waals surface area (Å²) in [6.45, 7) is 0.966. The van der Waals surface area contributed by atoms with Crippen LogP contribution in [-0.2, 0) is 10.8 Å². The fourth-order valence-electron chi connectivity index (χ4n) is 3.20. The highest BCUT2D eigenvalue weighted by Crippen LogP contribution is 2.22. The Hall–Kier alpha value is 0.110. The van der Waals surface area contributed by atoms with Crippen LogP contribution in [0.5, 0.6) is 0 Å². The van der Waals surface area contributed by atoms with E-state index in [2.05, 4.69) is 5.32 Å². The molecule has 0 bridgehead atoms. The average molecular weight is 257 g/mol. The third-order valence-electron chi connectivity index (χ3n) is 4.25. The van der Waals surface area contributed by atoms with Gasteiger partial charge < -0.3 is 5.32 Å². The normalized spacial score (nSPS) is 37.5. The Balaban J connectivity index is 1.89. The van der Waals surface area contributed by atoms with Crippen LogP contribution in [0.1, 0.15) is 64.2 Å². The molecular formula is C14H27NOS. The highest BCUT2D eigenvalue weighted by Gasteiger charge is 2.29. The highest BCUT2D eigenvalue weighted by molar-refractivity contribution is 7.85. The zero-order valence-corrected chi connectivity index (χ0v) is 11.8. The van der Waals surface area contributed by atoms with Gasteiger partial charge in [0.1, 0.15) is 0 Å². The predicted octanol–water partition coefficient (Wildman–Crippen LogP) is 2.99. The van der Waals surface area contributed by atoms with Crippen LogP contribution in [-0.4, -0.2) is 27.8 Å². The van der Waals surface area contributed by atoms with Crippen LogP contribution in [0.4, 0.5) is 0 Å². The number of hydrogen-bond donors (Lipinski definition) is 1. The highest BCUT2D eigenvalue weighted by atomic mass is 32.2. The lowest BCUT2D eigenvalue weighted by atomic mass is 9.97. The Kier molecular flexibility index (Phi) is 5.99. The van der Waals surface area contributed by atoms with Gasteiger partial charge in [-0.25, -0.2) is 0 Å². The van der Waals surface area contributed by atoms with Crippen molar-refractivity contribution in [2.45, 2.75) is 75.5 Å². The number of rotatable bonds is 0. The van der Waals surface area contributed by atoms with Crippen LogP contribution in [0.3, 0.4) is 0 Å². The molecule has 2 rings (SSSR count). The van der Waals surface area contributed by atoms with Gasteiger partial charge in [0.2, 0.25) is 0 Å². The van der Waals surface area contributed by atoms with Crippen molar-refractivity contribution >= 4 is 10.8 Å². The van der Waals surface area contributed by atoms with Gasteiger partial charge in [-0.1, -0.05) is 51.4 Å². The molecule has 17 heavy (non-hydrogen) atoms. The molecule has 2 nitrogen and oxygen atoms in total. The maximum absolute atomic E-state index is 12.1. The van der Waals surface area contributed by atoms with Gasteiger partial charge >= 0.3 is 0 Å². The average Bonchev–Trinajstić information content (AvgIpc) is 2.31. The SMILES string of the molecule is O=S1CCNC2CCCCCCCCCCC21. The second-order valence-corrected chi connectivity index (χ2v) is 7.36. The lowest BCUT2D eigenvalue weighted by Gasteiger charge is -2.32. The second-order valence-electron chi connectivity index (χ2n) is 5.59. The maximum atomic E-state index is 12.1. The Morgan fingerprint density at radius 3 is 2.12 bits per heavy atom. The fraction of sp³-hybridized carbons (Fsp3) is 1.00. The molecular weight excluding hydrogens is 230 g/mol. The molecule has 1 aliphatic carbocycles. The molecule has 3 unspecified atom stereocenters. The molecule has 100 valence electrons. The van der Waals surface area contributed by atoms with Crippen molar-refractivity contribution in [2.24, 2.45) is 0 Å². The smallest absolute Gasteiger partial charge is 0.0501 e. The summed E-state index contributed by atoms with van der Waals surface area (Å²) >= 11 is 0. The summed E-state index contributed by atoms with van der Waals surface area (Å²) in [4.78, 5) is 0. The molecule has 3 heteroatoms. The van der Waals surface area contributed by atoms with Crippen molar-refractivity contribution in [3.05, 3.63) is 0 Å². The zero-order chi connectivity index (χ0) is 11.9. The van der Waals surface area contributed by atoms with Crippen molar-refractivity contribution in [1.82, 2.24) is 5.32 Å². The molecule has 3 atom stereocenters. The van der Waals surface area contributed by atoms with E-state index >= 15 is 0 Å². The first-order valence-electron chi connectivity index (χ1n) is 7.48. The van der Waals surface area contributed by atoms with Gasteiger partial charge in [0.15, 0.2) is 0 Å². The minimum atomic E-state index is -0.561. The van der Waals surface area contributed by atoms with E-state index in [1.807, 2.05) is 0 Å². The van der Waals surface area contributed by atoms with Gasteiger partial charge in [0.05, 0.1) is 5.25 Å². The van der Waals surface area contributed by atoms with E-state index in [1.165, 1.54) is 64.2 Å². The third kappa shape index (κ3) is 4.36. The van der Waals surface area contributed by atoms with Crippen molar-refractivity contribution < 1.29 is 4.21 Å². The summed E-state index contributed by atoms with van der Waals surface area (Å²) in [5.74, 6) is 0.876. The van der Waals surface area contributed by atoms with E-state index in [1.54, 1.807) is 0 Å². The Bertz CT molecular complexity index is 244. The lowest BCUT2D eigenvalue weighted by Crippen LogP contribution is -2.49. The van der Waals surface area contributed by atoms with Crippen LogP contribution in [0, 0.1) is 0 Å². The summed E-state index contributed by atoms with van der Waals surface area (Å²) in [5, 5.41) is 4.06. The van der Waals surface area contributed by atoms with E-state index in [0.717, 1.165) is 12.3 Å². The van der Waals surface area contributed by atoms with Crippen LogP contribution in [0.2, 0.25) is 0 Å². The van der Waals surface area contributed by atoms with Crippen molar-refractivity contribution in [1.29, 1.82) is 0 Å². The maximum Gasteiger partial charge on any atom is 0.0501 e. The van der Waals surface area contributed by atoms with E-state index in [0.29, 0.717) is 11.3 Å². The first-order valence-corrected chi connectivity index (χ1v) is 8.87. The first kappa shape index (κ1) is 13.5. The Morgan fingerprint density at radius 1 is 0.824 bits per heavy atom. The molecule has 0 spiro atoms. The summed E-state index contributed by atoms with van der Waals surface area (Å²) in [5.41, 5.74) is 0. The second kappa shape index (κ2) is 7.52. The molecule has 0 radical (unpaired) electrons. The molecule has 0 aromatic heterocycles. The van der Waals surface area contributed by atoms with Gasteiger partial charge in [-0.15, -0.1) is 0 Å². The number of fused-ring (bicyclic) bond motifs is 1. The number of nitrogens with one attached hydrogen (secondary N) is 1. The van der Waals surface area contributed by atoms with Crippen LogP contribution >= 0.6 is 0 Å². The molecule has 2 fully saturated rings. The monoisotopic (exact) mass is 257 g/mol. The molecule has 1 N–H and O–H groups in total. The molecule has 1 saturated carbocycles. The van der Waals surface area contributed by atoms with Crippen LogP contribution in [0.15, 0.2) is 0 Å². The number of hydrogen-bond acceptors (Lipinski definition) is 2. The van der Waals surface area contributed by atoms with E-state index < -0.39 is 10.8 Å². The van der Waals surface area contributed by atoms with Gasteiger partial charge in [-0.05, 0) is 12.8 Å². The van der Waals surface area contributed by atoms with Gasteiger partial charge in [0, 0.05) is 29.1 Å². The van der Waals surface area contributed by atoms with Crippen LogP contribution < -0.4 is 5.32 Å². The Morgan fingerprint density at radius 2 is 1.41 bits per heavy atom. The van der Waals surface area contributed by atoms with Crippen molar-refractivity contribution in [2.75, 3.05) is 12.3 Å². The van der Waals surface area contributed by atoms with Crippen LogP contribution in [0.25, 0.3) is 0 Å². The summed E-state index contributed by atoms with van der Waals surface area (Å²) in [6, 6.07) is 0.545. The lowest BCUT2D eigenvalue weighted by molar-refractivity contribution is 0.404. The molecule has 0 aromatic carbocycles. The molecule has 0 amide bonds.